The first-order valence-electron chi connectivity index (χ1n) is 7.80. The van der Waals surface area contributed by atoms with E-state index in [4.69, 9.17) is 0 Å². The number of nitrogens with one attached hydrogen (secondary N) is 1. The molecule has 0 bridgehead atoms. The average molecular weight is 283 g/mol. The SMILES string of the molecule is CCCC(CCC)C(Cc1c(F)cccc1F)NCC. The van der Waals surface area contributed by atoms with Crippen LogP contribution in [0.25, 0.3) is 0 Å². The highest BCUT2D eigenvalue weighted by Gasteiger charge is 2.22. The van der Waals surface area contributed by atoms with Gasteiger partial charge in [0.2, 0.25) is 0 Å². The topological polar surface area (TPSA) is 12.0 Å². The van der Waals surface area contributed by atoms with E-state index in [-0.39, 0.29) is 11.6 Å². The van der Waals surface area contributed by atoms with Crippen LogP contribution in [0.5, 0.6) is 0 Å². The molecule has 3 heteroatoms. The zero-order valence-electron chi connectivity index (χ0n) is 12.9. The summed E-state index contributed by atoms with van der Waals surface area (Å²) in [5.41, 5.74) is 0.218. The van der Waals surface area contributed by atoms with E-state index in [0.29, 0.717) is 12.3 Å². The number of hydrogen-bond acceptors (Lipinski definition) is 1. The van der Waals surface area contributed by atoms with Crippen molar-refractivity contribution in [3.05, 3.63) is 35.4 Å². The standard InChI is InChI=1S/C17H27F2N/c1-4-8-13(9-5-2)17(20-6-3)12-14-15(18)10-7-11-16(14)19/h7,10-11,13,17,20H,4-6,8-9,12H2,1-3H3. The first-order chi connectivity index (χ1) is 9.63. The van der Waals surface area contributed by atoms with Crippen molar-refractivity contribution in [3.8, 4) is 0 Å². The highest BCUT2D eigenvalue weighted by Crippen LogP contribution is 2.23. The molecule has 1 N–H and O–H groups in total. The Bertz CT molecular complexity index is 366. The van der Waals surface area contributed by atoms with Gasteiger partial charge in [-0.1, -0.05) is 39.7 Å². The Morgan fingerprint density at radius 3 is 2.00 bits per heavy atom. The van der Waals surface area contributed by atoms with Gasteiger partial charge < -0.3 is 5.32 Å². The van der Waals surface area contributed by atoms with Gasteiger partial charge in [0.05, 0.1) is 0 Å². The van der Waals surface area contributed by atoms with E-state index in [1.54, 1.807) is 0 Å². The van der Waals surface area contributed by atoms with E-state index in [9.17, 15) is 8.78 Å². The second kappa shape index (κ2) is 9.06. The number of hydrogen-bond donors (Lipinski definition) is 1. The van der Waals surface area contributed by atoms with Crippen molar-refractivity contribution in [1.82, 2.24) is 5.32 Å². The molecule has 0 aliphatic carbocycles. The summed E-state index contributed by atoms with van der Waals surface area (Å²) in [6, 6.07) is 4.25. The summed E-state index contributed by atoms with van der Waals surface area (Å²) in [6.07, 6.45) is 4.83. The zero-order chi connectivity index (χ0) is 15.0. The molecule has 0 saturated carbocycles. The minimum atomic E-state index is -0.431. The molecule has 0 aliphatic heterocycles. The van der Waals surface area contributed by atoms with E-state index >= 15 is 0 Å². The van der Waals surface area contributed by atoms with Gasteiger partial charge in [-0.25, -0.2) is 8.78 Å². The van der Waals surface area contributed by atoms with Crippen molar-refractivity contribution in [2.24, 2.45) is 5.92 Å². The largest absolute Gasteiger partial charge is 0.314 e. The van der Waals surface area contributed by atoms with Crippen LogP contribution < -0.4 is 5.32 Å². The van der Waals surface area contributed by atoms with Crippen molar-refractivity contribution in [1.29, 1.82) is 0 Å². The van der Waals surface area contributed by atoms with Gasteiger partial charge in [0.25, 0.3) is 0 Å². The van der Waals surface area contributed by atoms with Gasteiger partial charge in [-0.3, -0.25) is 0 Å². The lowest BCUT2D eigenvalue weighted by molar-refractivity contribution is 0.307. The third-order valence-electron chi connectivity index (χ3n) is 3.84. The predicted molar refractivity (Wildman–Crippen MR) is 80.8 cm³/mol. The first-order valence-corrected chi connectivity index (χ1v) is 7.80. The fourth-order valence-electron chi connectivity index (χ4n) is 2.90. The Kier molecular flexibility index (Phi) is 7.75. The van der Waals surface area contributed by atoms with Crippen LogP contribution >= 0.6 is 0 Å². The van der Waals surface area contributed by atoms with Crippen LogP contribution in [0.4, 0.5) is 8.78 Å². The van der Waals surface area contributed by atoms with E-state index in [1.807, 2.05) is 6.92 Å². The van der Waals surface area contributed by atoms with Gasteiger partial charge >= 0.3 is 0 Å². The van der Waals surface area contributed by atoms with Crippen molar-refractivity contribution < 1.29 is 8.78 Å². The molecule has 0 amide bonds. The summed E-state index contributed by atoms with van der Waals surface area (Å²) in [5, 5.41) is 3.42. The molecule has 0 radical (unpaired) electrons. The van der Waals surface area contributed by atoms with Gasteiger partial charge in [0.1, 0.15) is 11.6 Å². The van der Waals surface area contributed by atoms with Crippen molar-refractivity contribution in [2.75, 3.05) is 6.54 Å². The summed E-state index contributed by atoms with van der Waals surface area (Å²) in [7, 11) is 0. The Balaban J connectivity index is 2.89. The molecular formula is C17H27F2N. The Hall–Kier alpha value is -0.960. The quantitative estimate of drug-likeness (QED) is 0.692. The minimum absolute atomic E-state index is 0.145. The van der Waals surface area contributed by atoms with Gasteiger partial charge in [-0.2, -0.15) is 0 Å². The molecule has 0 fully saturated rings. The smallest absolute Gasteiger partial charge is 0.129 e. The van der Waals surface area contributed by atoms with Crippen LogP contribution in [0, 0.1) is 17.6 Å². The molecule has 0 heterocycles. The van der Waals surface area contributed by atoms with Crippen LogP contribution in [0.15, 0.2) is 18.2 Å². The third kappa shape index (κ3) is 4.86. The summed E-state index contributed by atoms with van der Waals surface area (Å²) in [6.45, 7) is 7.19. The highest BCUT2D eigenvalue weighted by molar-refractivity contribution is 5.21. The maximum atomic E-state index is 13.8. The Morgan fingerprint density at radius 1 is 1.00 bits per heavy atom. The van der Waals surface area contributed by atoms with Gasteiger partial charge in [0.15, 0.2) is 0 Å². The van der Waals surface area contributed by atoms with Crippen LogP contribution in [0.1, 0.15) is 52.0 Å². The number of rotatable bonds is 9. The molecule has 1 rings (SSSR count). The molecular weight excluding hydrogens is 256 g/mol. The van der Waals surface area contributed by atoms with Crippen LogP contribution in [-0.4, -0.2) is 12.6 Å². The fourth-order valence-corrected chi connectivity index (χ4v) is 2.90. The number of likely N-dealkylation sites (N-methyl/N-ethyl adjacent to an activating group) is 1. The van der Waals surface area contributed by atoms with Crippen molar-refractivity contribution in [3.63, 3.8) is 0 Å². The molecule has 0 aliphatic rings. The lowest BCUT2D eigenvalue weighted by Crippen LogP contribution is -2.38. The summed E-state index contributed by atoms with van der Waals surface area (Å²) in [4.78, 5) is 0. The van der Waals surface area contributed by atoms with E-state index in [0.717, 1.165) is 32.2 Å². The van der Waals surface area contributed by atoms with Crippen molar-refractivity contribution in [2.45, 2.75) is 58.9 Å². The molecule has 1 unspecified atom stereocenters. The second-order valence-corrected chi connectivity index (χ2v) is 5.41. The van der Waals surface area contributed by atoms with Crippen LogP contribution in [0.3, 0.4) is 0 Å². The highest BCUT2D eigenvalue weighted by atomic mass is 19.1. The fraction of sp³-hybridized carbons (Fsp3) is 0.647. The first kappa shape index (κ1) is 17.1. The number of halogens is 2. The maximum Gasteiger partial charge on any atom is 0.129 e. The molecule has 20 heavy (non-hydrogen) atoms. The molecule has 1 aromatic carbocycles. The zero-order valence-corrected chi connectivity index (χ0v) is 12.9. The minimum Gasteiger partial charge on any atom is -0.314 e. The monoisotopic (exact) mass is 283 g/mol. The lowest BCUT2D eigenvalue weighted by atomic mass is 9.86. The molecule has 0 aromatic heterocycles. The third-order valence-corrected chi connectivity index (χ3v) is 3.84. The summed E-state index contributed by atoms with van der Waals surface area (Å²) >= 11 is 0. The molecule has 1 aromatic rings. The predicted octanol–water partition coefficient (Wildman–Crippen LogP) is 4.70. The average Bonchev–Trinajstić information content (AvgIpc) is 2.42. The maximum absolute atomic E-state index is 13.8. The van der Waals surface area contributed by atoms with Crippen LogP contribution in [-0.2, 0) is 6.42 Å². The molecule has 114 valence electrons. The second-order valence-electron chi connectivity index (χ2n) is 5.41. The van der Waals surface area contributed by atoms with E-state index < -0.39 is 11.6 Å². The normalized spacial score (nSPS) is 12.9. The number of benzene rings is 1. The van der Waals surface area contributed by atoms with E-state index in [2.05, 4.69) is 19.2 Å². The lowest BCUT2D eigenvalue weighted by Gasteiger charge is -2.28. The molecule has 1 nitrogen and oxygen atoms in total. The van der Waals surface area contributed by atoms with Gasteiger partial charge in [0, 0.05) is 11.6 Å². The summed E-state index contributed by atoms with van der Waals surface area (Å²) < 4.78 is 27.6. The molecule has 1 atom stereocenters. The van der Waals surface area contributed by atoms with Gasteiger partial charge in [-0.05, 0) is 43.9 Å². The Morgan fingerprint density at radius 2 is 1.55 bits per heavy atom. The Labute approximate surface area is 121 Å². The van der Waals surface area contributed by atoms with Crippen molar-refractivity contribution >= 4 is 0 Å². The molecule has 0 saturated heterocycles. The van der Waals surface area contributed by atoms with Crippen LogP contribution in [0.2, 0.25) is 0 Å². The summed E-state index contributed by atoms with van der Waals surface area (Å²) in [5.74, 6) is -0.386. The van der Waals surface area contributed by atoms with Gasteiger partial charge in [-0.15, -0.1) is 0 Å². The molecule has 0 spiro atoms. The van der Waals surface area contributed by atoms with E-state index in [1.165, 1.54) is 18.2 Å².